The van der Waals surface area contributed by atoms with Gasteiger partial charge in [0, 0.05) is 6.54 Å². The summed E-state index contributed by atoms with van der Waals surface area (Å²) in [6.07, 6.45) is 3.60. The van der Waals surface area contributed by atoms with E-state index in [1.54, 1.807) is 4.68 Å². The van der Waals surface area contributed by atoms with E-state index < -0.39 is 0 Å². The number of aromatic amines is 1. The van der Waals surface area contributed by atoms with Crippen LogP contribution in [0.1, 0.15) is 42.6 Å². The minimum Gasteiger partial charge on any atom is -0.341 e. The van der Waals surface area contributed by atoms with Crippen molar-refractivity contribution in [3.05, 3.63) is 24.0 Å². The van der Waals surface area contributed by atoms with Crippen molar-refractivity contribution >= 4 is 5.91 Å². The van der Waals surface area contributed by atoms with Gasteiger partial charge in [-0.3, -0.25) is 4.79 Å². The fraction of sp³-hybridized carbons (Fsp3) is 0.500. The fourth-order valence-corrected chi connectivity index (χ4v) is 1.68. The molecule has 18 heavy (non-hydrogen) atoms. The quantitative estimate of drug-likeness (QED) is 0.793. The minimum atomic E-state index is -0.277. The molecule has 0 aliphatic rings. The van der Waals surface area contributed by atoms with Crippen LogP contribution in [0.4, 0.5) is 0 Å². The van der Waals surface area contributed by atoms with E-state index in [4.69, 9.17) is 0 Å². The van der Waals surface area contributed by atoms with E-state index in [0.717, 1.165) is 12.2 Å². The third-order valence-corrected chi connectivity index (χ3v) is 2.62. The largest absolute Gasteiger partial charge is 0.341 e. The normalized spacial score (nSPS) is 12.3. The van der Waals surface area contributed by atoms with Crippen LogP contribution >= 0.6 is 0 Å². The van der Waals surface area contributed by atoms with Crippen LogP contribution in [-0.4, -0.2) is 36.1 Å². The number of aromatic nitrogens is 6. The lowest BCUT2D eigenvalue weighted by atomic mass is 10.2. The molecule has 0 unspecified atom stereocenters. The van der Waals surface area contributed by atoms with Crippen molar-refractivity contribution in [2.45, 2.75) is 32.9 Å². The zero-order valence-electron chi connectivity index (χ0n) is 10.3. The number of nitrogens with one attached hydrogen (secondary N) is 2. The van der Waals surface area contributed by atoms with Gasteiger partial charge in [-0.2, -0.15) is 20.5 Å². The molecule has 1 amide bonds. The third-order valence-electron chi connectivity index (χ3n) is 2.62. The number of H-pyrrole nitrogens is 1. The topological polar surface area (TPSA) is 101 Å². The fourth-order valence-electron chi connectivity index (χ4n) is 1.68. The van der Waals surface area contributed by atoms with Gasteiger partial charge in [0.25, 0.3) is 5.91 Å². The molecule has 2 heterocycles. The van der Waals surface area contributed by atoms with Gasteiger partial charge in [-0.05, 0) is 13.3 Å². The Morgan fingerprint density at radius 1 is 1.56 bits per heavy atom. The first kappa shape index (κ1) is 12.2. The lowest BCUT2D eigenvalue weighted by Gasteiger charge is -2.15. The molecule has 0 saturated heterocycles. The second-order valence-corrected chi connectivity index (χ2v) is 3.72. The lowest BCUT2D eigenvalue weighted by molar-refractivity contribution is 0.0927. The Balaban J connectivity index is 2.13. The number of nitrogens with zero attached hydrogens (tertiary/aromatic N) is 5. The molecule has 8 heteroatoms. The van der Waals surface area contributed by atoms with Crippen molar-refractivity contribution in [2.75, 3.05) is 0 Å². The van der Waals surface area contributed by atoms with Crippen LogP contribution in [0.25, 0.3) is 0 Å². The van der Waals surface area contributed by atoms with Crippen molar-refractivity contribution < 1.29 is 4.79 Å². The lowest BCUT2D eigenvalue weighted by Crippen LogP contribution is -2.30. The smallest absolute Gasteiger partial charge is 0.274 e. The average molecular weight is 249 g/mol. The first-order valence-corrected chi connectivity index (χ1v) is 5.80. The van der Waals surface area contributed by atoms with E-state index in [0.29, 0.717) is 6.54 Å². The van der Waals surface area contributed by atoms with Crippen LogP contribution < -0.4 is 5.32 Å². The number of rotatable bonds is 5. The van der Waals surface area contributed by atoms with Crippen molar-refractivity contribution in [3.8, 4) is 0 Å². The summed E-state index contributed by atoms with van der Waals surface area (Å²) >= 11 is 0. The van der Waals surface area contributed by atoms with E-state index >= 15 is 0 Å². The molecule has 2 N–H and O–H groups in total. The highest BCUT2D eigenvalue weighted by Crippen LogP contribution is 2.13. The van der Waals surface area contributed by atoms with E-state index in [-0.39, 0.29) is 17.6 Å². The first-order chi connectivity index (χ1) is 8.76. The predicted octanol–water partition coefficient (Wildman–Crippen LogP) is 0.297. The van der Waals surface area contributed by atoms with Gasteiger partial charge in [0.15, 0.2) is 5.69 Å². The Labute approximate surface area is 104 Å². The number of aryl methyl sites for hydroxylation is 1. The van der Waals surface area contributed by atoms with E-state index in [9.17, 15) is 4.79 Å². The Hall–Kier alpha value is -2.25. The Bertz CT molecular complexity index is 504. The molecule has 1 atom stereocenters. The van der Waals surface area contributed by atoms with E-state index in [2.05, 4.69) is 30.8 Å². The van der Waals surface area contributed by atoms with Gasteiger partial charge in [0.05, 0.1) is 12.2 Å². The zero-order valence-corrected chi connectivity index (χ0v) is 10.3. The van der Waals surface area contributed by atoms with Crippen molar-refractivity contribution in [1.29, 1.82) is 0 Å². The molecule has 8 nitrogen and oxygen atoms in total. The number of carbonyl (C=O) groups is 1. The maximum atomic E-state index is 11.9. The molecule has 0 radical (unpaired) electrons. The molecule has 0 aliphatic carbocycles. The van der Waals surface area contributed by atoms with Gasteiger partial charge in [0.2, 0.25) is 0 Å². The number of carbonyl (C=O) groups excluding carboxylic acids is 1. The van der Waals surface area contributed by atoms with Gasteiger partial charge < -0.3 is 5.32 Å². The summed E-state index contributed by atoms with van der Waals surface area (Å²) in [6, 6.07) is -0.184. The molecule has 0 aromatic carbocycles. The molecule has 0 fully saturated rings. The summed E-state index contributed by atoms with van der Waals surface area (Å²) in [4.78, 5) is 16.1. The van der Waals surface area contributed by atoms with Gasteiger partial charge in [-0.25, -0.2) is 9.67 Å². The molecule has 0 bridgehead atoms. The Morgan fingerprint density at radius 2 is 2.39 bits per heavy atom. The number of hydrogen-bond donors (Lipinski definition) is 2. The monoisotopic (exact) mass is 249 g/mol. The van der Waals surface area contributed by atoms with Gasteiger partial charge >= 0.3 is 0 Å². The standard InChI is InChI=1S/C10H15N7O/c1-3-7(9-11-6-13-17(9)4-2)14-10(18)8-5-12-16-15-8/h5-7H,3-4H2,1-2H3,(H,14,18)(H,12,15,16)/t7-/m0/s1. The van der Waals surface area contributed by atoms with E-state index in [1.807, 2.05) is 13.8 Å². The minimum absolute atomic E-state index is 0.184. The second-order valence-electron chi connectivity index (χ2n) is 3.72. The zero-order chi connectivity index (χ0) is 13.0. The first-order valence-electron chi connectivity index (χ1n) is 5.80. The van der Waals surface area contributed by atoms with Crippen LogP contribution in [0.15, 0.2) is 12.5 Å². The predicted molar refractivity (Wildman–Crippen MR) is 62.6 cm³/mol. The summed E-state index contributed by atoms with van der Waals surface area (Å²) in [7, 11) is 0. The van der Waals surface area contributed by atoms with Crippen LogP contribution in [0.2, 0.25) is 0 Å². The van der Waals surface area contributed by atoms with Crippen molar-refractivity contribution in [2.24, 2.45) is 0 Å². The van der Waals surface area contributed by atoms with Gasteiger partial charge in [0.1, 0.15) is 12.2 Å². The summed E-state index contributed by atoms with van der Waals surface area (Å²) in [6.45, 7) is 4.67. The summed E-state index contributed by atoms with van der Waals surface area (Å²) in [5, 5.41) is 16.7. The van der Waals surface area contributed by atoms with Gasteiger partial charge in [-0.1, -0.05) is 6.92 Å². The number of amides is 1. The van der Waals surface area contributed by atoms with Crippen LogP contribution in [-0.2, 0) is 6.54 Å². The molecular formula is C10H15N7O. The van der Waals surface area contributed by atoms with Crippen LogP contribution in [0.3, 0.4) is 0 Å². The van der Waals surface area contributed by atoms with Crippen LogP contribution in [0, 0.1) is 0 Å². The summed E-state index contributed by atoms with van der Waals surface area (Å²) in [5.74, 6) is 0.470. The number of hydrogen-bond acceptors (Lipinski definition) is 5. The van der Waals surface area contributed by atoms with Crippen molar-refractivity contribution in [3.63, 3.8) is 0 Å². The molecule has 96 valence electrons. The maximum absolute atomic E-state index is 11.9. The van der Waals surface area contributed by atoms with Crippen LogP contribution in [0.5, 0.6) is 0 Å². The molecule has 0 saturated carbocycles. The highest BCUT2D eigenvalue weighted by molar-refractivity contribution is 5.92. The molecule has 2 aromatic heterocycles. The Morgan fingerprint density at radius 3 is 3.00 bits per heavy atom. The molecule has 2 rings (SSSR count). The molecule has 2 aromatic rings. The highest BCUT2D eigenvalue weighted by atomic mass is 16.2. The Kier molecular flexibility index (Phi) is 3.66. The average Bonchev–Trinajstić information content (AvgIpc) is 3.05. The summed E-state index contributed by atoms with van der Waals surface area (Å²) in [5.41, 5.74) is 0.260. The molecule has 0 spiro atoms. The van der Waals surface area contributed by atoms with Gasteiger partial charge in [-0.15, -0.1) is 0 Å². The van der Waals surface area contributed by atoms with Crippen molar-refractivity contribution in [1.82, 2.24) is 35.5 Å². The highest BCUT2D eigenvalue weighted by Gasteiger charge is 2.19. The SMILES string of the molecule is CC[C@H](NC(=O)c1cn[nH]n1)c1ncnn1CC. The van der Waals surface area contributed by atoms with E-state index in [1.165, 1.54) is 12.5 Å². The molecular weight excluding hydrogens is 234 g/mol. The maximum Gasteiger partial charge on any atom is 0.274 e. The summed E-state index contributed by atoms with van der Waals surface area (Å²) < 4.78 is 1.76. The third kappa shape index (κ3) is 2.36. The molecule has 0 aliphatic heterocycles. The second kappa shape index (κ2) is 5.39.